The molecule has 0 amide bonds. The van der Waals surface area contributed by atoms with Crippen molar-refractivity contribution < 1.29 is 19.1 Å². The Hall–Kier alpha value is -1.19. The van der Waals surface area contributed by atoms with E-state index in [1.54, 1.807) is 6.92 Å². The van der Waals surface area contributed by atoms with Crippen LogP contribution in [0.5, 0.6) is 0 Å². The van der Waals surface area contributed by atoms with Crippen LogP contribution in [0.15, 0.2) is 22.7 Å². The average Bonchev–Trinajstić information content (AvgIpc) is 2.34. The lowest BCUT2D eigenvalue weighted by Gasteiger charge is -2.32. The molecule has 0 fully saturated rings. The van der Waals surface area contributed by atoms with Gasteiger partial charge in [-0.05, 0) is 13.3 Å². The molecule has 0 bridgehead atoms. The maximum absolute atomic E-state index is 12.8. The van der Waals surface area contributed by atoms with Gasteiger partial charge in [-0.15, -0.1) is 0 Å². The lowest BCUT2D eigenvalue weighted by molar-refractivity contribution is -0.122. The molecule has 0 unspecified atom stereocenters. The second-order valence-corrected chi connectivity index (χ2v) is 7.60. The second kappa shape index (κ2) is 6.51. The van der Waals surface area contributed by atoms with Crippen molar-refractivity contribution in [3.05, 3.63) is 22.7 Å². The van der Waals surface area contributed by atoms with Gasteiger partial charge in [0.05, 0.1) is 0 Å². The van der Waals surface area contributed by atoms with Crippen molar-refractivity contribution >= 4 is 58.6 Å². The van der Waals surface area contributed by atoms with E-state index in [9.17, 15) is 9.59 Å². The normalized spacial score (nSPS) is 17.0. The summed E-state index contributed by atoms with van der Waals surface area (Å²) in [5.74, 6) is -0.406. The summed E-state index contributed by atoms with van der Waals surface area (Å²) in [5, 5.41) is -1.17. The van der Waals surface area contributed by atoms with Gasteiger partial charge in [0.25, 0.3) is 0 Å². The number of ether oxygens (including phenoxy) is 2. The van der Waals surface area contributed by atoms with Crippen LogP contribution in [0.3, 0.4) is 0 Å². The number of Topliss-reactive ketones (excluding diaryl/α,β-unsaturated/α-hetero) is 2. The van der Waals surface area contributed by atoms with E-state index in [-0.39, 0.29) is 23.1 Å². The van der Waals surface area contributed by atoms with Gasteiger partial charge >= 0.3 is 0 Å². The van der Waals surface area contributed by atoms with Gasteiger partial charge in [0.1, 0.15) is 47.1 Å². The van der Waals surface area contributed by atoms with Crippen LogP contribution < -0.4 is 0 Å². The van der Waals surface area contributed by atoms with Crippen LogP contribution in [-0.2, 0) is 19.1 Å². The molecule has 112 valence electrons. The van der Waals surface area contributed by atoms with E-state index in [1.165, 1.54) is 0 Å². The number of hydrogen-bond donors (Lipinski definition) is 0. The van der Waals surface area contributed by atoms with Crippen LogP contribution >= 0.6 is 0 Å². The smallest absolute Gasteiger partial charge is 0.227 e. The highest BCUT2D eigenvalue weighted by atomic mass is 16.5. The van der Waals surface area contributed by atoms with E-state index in [2.05, 4.69) is 0 Å². The highest BCUT2D eigenvalue weighted by Gasteiger charge is 2.38. The Kier molecular flexibility index (Phi) is 5.58. The average molecular weight is 295 g/mol. The van der Waals surface area contributed by atoms with Gasteiger partial charge in [-0.3, -0.25) is 9.59 Å². The second-order valence-electron chi connectivity index (χ2n) is 7.60. The van der Waals surface area contributed by atoms with E-state index in [0.29, 0.717) is 17.6 Å². The molecule has 0 aromatic carbocycles. The van der Waals surface area contributed by atoms with E-state index < -0.39 is 10.6 Å². The predicted octanol–water partition coefficient (Wildman–Crippen LogP) is -4.48. The third-order valence-corrected chi connectivity index (χ3v) is 3.00. The number of hydrogen-bond acceptors (Lipinski definition) is 4. The van der Waals surface area contributed by atoms with Gasteiger partial charge in [-0.1, -0.05) is 13.3 Å². The maximum Gasteiger partial charge on any atom is 0.227 e. The molecule has 0 aromatic heterocycles. The highest BCUT2D eigenvalue weighted by Crippen LogP contribution is 2.31. The Balaban J connectivity index is 3.40. The van der Waals surface area contributed by atoms with Crippen molar-refractivity contribution in [3.8, 4) is 0 Å². The highest BCUT2D eigenvalue weighted by molar-refractivity contribution is 6.59. The monoisotopic (exact) mass is 296 g/mol. The number of carbonyl (C=O) groups is 2. The van der Waals surface area contributed by atoms with Crippen LogP contribution in [0, 0.1) is 0 Å². The number of ketones is 2. The first-order valence-corrected chi connectivity index (χ1v) is 7.79. The van der Waals surface area contributed by atoms with Crippen molar-refractivity contribution in [3.63, 3.8) is 0 Å². The summed E-state index contributed by atoms with van der Waals surface area (Å²) in [6.07, 6.45) is 1.36. The first-order valence-electron chi connectivity index (χ1n) is 7.79. The minimum absolute atomic E-state index is 0.0322. The first-order chi connectivity index (χ1) is 9.87. The van der Waals surface area contributed by atoms with Crippen LogP contribution in [-0.4, -0.2) is 69.2 Å². The Morgan fingerprint density at radius 1 is 0.864 bits per heavy atom. The SMILES string of the molecule is BC(B)(B)OC1=C(OC(B)(B)B)C(=O)C(CCC)=C(C)C1=O. The summed E-state index contributed by atoms with van der Waals surface area (Å²) < 4.78 is 11.6. The Morgan fingerprint density at radius 2 is 1.27 bits per heavy atom. The van der Waals surface area contributed by atoms with E-state index in [1.807, 2.05) is 54.0 Å². The lowest BCUT2D eigenvalue weighted by atomic mass is 9.52. The molecule has 1 aliphatic carbocycles. The molecule has 0 saturated carbocycles. The molecule has 22 heavy (non-hydrogen) atoms. The minimum atomic E-state index is -0.583. The van der Waals surface area contributed by atoms with Crippen LogP contribution in [0.4, 0.5) is 0 Å². The Morgan fingerprint density at radius 3 is 1.64 bits per heavy atom. The van der Waals surface area contributed by atoms with Crippen molar-refractivity contribution in [2.24, 2.45) is 0 Å². The molecule has 0 N–H and O–H groups in total. The van der Waals surface area contributed by atoms with E-state index >= 15 is 0 Å². The minimum Gasteiger partial charge on any atom is -0.507 e. The number of allylic oxidation sites excluding steroid dienone is 2. The molecule has 1 rings (SSSR count). The standard InChI is InChI=1S/C12H22B6O4/c1-3-4-6-5(2)7(19)9(21-11(13,14)15)10(8(6)20)22-12(16,17)18/h3-4,13-18H2,1-2H3. The lowest BCUT2D eigenvalue weighted by Crippen LogP contribution is -2.41. The quantitative estimate of drug-likeness (QED) is 0.366. The molecule has 0 radical (unpaired) electrons. The third-order valence-electron chi connectivity index (χ3n) is 3.00. The fraction of sp³-hybridized carbons (Fsp3) is 0.500. The fourth-order valence-corrected chi connectivity index (χ4v) is 2.17. The van der Waals surface area contributed by atoms with Gasteiger partial charge < -0.3 is 9.47 Å². The van der Waals surface area contributed by atoms with Gasteiger partial charge in [0, 0.05) is 21.7 Å². The van der Waals surface area contributed by atoms with Crippen LogP contribution in [0.25, 0.3) is 0 Å². The molecule has 0 aromatic rings. The largest absolute Gasteiger partial charge is 0.507 e. The number of carbonyl (C=O) groups excluding carboxylic acids is 2. The predicted molar refractivity (Wildman–Crippen MR) is 104 cm³/mol. The summed E-state index contributed by atoms with van der Waals surface area (Å²) in [6, 6.07) is 0. The Labute approximate surface area is 138 Å². The molecule has 1 aliphatic rings. The molecule has 0 heterocycles. The summed E-state index contributed by atoms with van der Waals surface area (Å²) in [5.41, 5.74) is 1.00. The fourth-order valence-electron chi connectivity index (χ4n) is 2.17. The van der Waals surface area contributed by atoms with Crippen molar-refractivity contribution in [2.75, 3.05) is 0 Å². The van der Waals surface area contributed by atoms with E-state index in [0.717, 1.165) is 6.42 Å². The van der Waals surface area contributed by atoms with Crippen molar-refractivity contribution in [1.29, 1.82) is 0 Å². The molecule has 4 nitrogen and oxygen atoms in total. The molecule has 0 aliphatic heterocycles. The van der Waals surface area contributed by atoms with Crippen LogP contribution in [0.1, 0.15) is 26.7 Å². The van der Waals surface area contributed by atoms with Gasteiger partial charge in [-0.2, -0.15) is 0 Å². The van der Waals surface area contributed by atoms with Crippen molar-refractivity contribution in [2.45, 2.75) is 37.3 Å². The van der Waals surface area contributed by atoms with Crippen molar-refractivity contribution in [1.82, 2.24) is 0 Å². The van der Waals surface area contributed by atoms with Crippen LogP contribution in [0.2, 0.25) is 0 Å². The molecule has 0 saturated heterocycles. The zero-order valence-electron chi connectivity index (χ0n) is 15.0. The topological polar surface area (TPSA) is 52.6 Å². The van der Waals surface area contributed by atoms with Gasteiger partial charge in [0.15, 0.2) is 0 Å². The third kappa shape index (κ3) is 4.65. The molecule has 10 heteroatoms. The molecular weight excluding hydrogens is 273 g/mol. The van der Waals surface area contributed by atoms with Gasteiger partial charge in [-0.25, -0.2) is 0 Å². The summed E-state index contributed by atoms with van der Waals surface area (Å²) >= 11 is 0. The number of rotatable bonds is 6. The zero-order chi connectivity index (χ0) is 17.3. The summed E-state index contributed by atoms with van der Waals surface area (Å²) in [4.78, 5) is 25.4. The molecule has 0 atom stereocenters. The zero-order valence-corrected chi connectivity index (χ0v) is 15.0. The Bertz CT molecular complexity index is 553. The first kappa shape index (κ1) is 18.9. The summed E-state index contributed by atoms with van der Waals surface area (Å²) in [6.45, 7) is 3.67. The maximum atomic E-state index is 12.8. The van der Waals surface area contributed by atoms with E-state index in [4.69, 9.17) is 9.47 Å². The summed E-state index contributed by atoms with van der Waals surface area (Å²) in [7, 11) is 11.1. The molecular formula is C12H22B6O4. The molecule has 0 spiro atoms. The van der Waals surface area contributed by atoms with Gasteiger partial charge in [0.2, 0.25) is 23.1 Å².